The molecular weight excluding hydrogens is 285 g/mol. The number of hydrogen-bond acceptors (Lipinski definition) is 4. The molecule has 1 heterocycles. The van der Waals surface area contributed by atoms with E-state index in [0.29, 0.717) is 25.7 Å². The average Bonchev–Trinajstić information content (AvgIpc) is 2.48. The first kappa shape index (κ1) is 16.5. The maximum absolute atomic E-state index is 11.9. The van der Waals surface area contributed by atoms with Gasteiger partial charge in [-0.05, 0) is 24.8 Å². The summed E-state index contributed by atoms with van der Waals surface area (Å²) in [7, 11) is -1.15. The van der Waals surface area contributed by atoms with Crippen LogP contribution in [0.15, 0.2) is 30.3 Å². The third-order valence-electron chi connectivity index (χ3n) is 3.71. The number of benzene rings is 1. The summed E-state index contributed by atoms with van der Waals surface area (Å²) in [6.45, 7) is 0. The summed E-state index contributed by atoms with van der Waals surface area (Å²) in [5.74, 6) is -1.58. The Morgan fingerprint density at radius 2 is 2.00 bits per heavy atom. The highest BCUT2D eigenvalue weighted by Gasteiger charge is 2.36. The highest BCUT2D eigenvalue weighted by molar-refractivity contribution is 6.45. The van der Waals surface area contributed by atoms with E-state index in [0.717, 1.165) is 5.56 Å². The quantitative estimate of drug-likeness (QED) is 0.675. The molecule has 7 heteroatoms. The fraction of sp³-hybridized carbons (Fsp3) is 0.467. The minimum Gasteiger partial charge on any atom is -0.481 e. The lowest BCUT2D eigenvalue weighted by Crippen LogP contribution is -2.52. The summed E-state index contributed by atoms with van der Waals surface area (Å²) < 4.78 is 5.23. The van der Waals surface area contributed by atoms with Gasteiger partial charge in [0.25, 0.3) is 0 Å². The van der Waals surface area contributed by atoms with Crippen LogP contribution in [0.2, 0.25) is 0 Å². The topological polar surface area (TPSA) is 95.9 Å². The molecule has 0 radical (unpaired) electrons. The Morgan fingerprint density at radius 3 is 2.64 bits per heavy atom. The second-order valence-electron chi connectivity index (χ2n) is 5.48. The number of carbonyl (C=O) groups is 2. The van der Waals surface area contributed by atoms with Crippen molar-refractivity contribution in [3.8, 4) is 0 Å². The maximum Gasteiger partial charge on any atom is 0.478 e. The monoisotopic (exact) mass is 305 g/mol. The molecule has 2 unspecified atom stereocenters. The molecule has 2 rings (SSSR count). The van der Waals surface area contributed by atoms with E-state index in [2.05, 4.69) is 5.32 Å². The predicted molar refractivity (Wildman–Crippen MR) is 81.0 cm³/mol. The number of rotatable bonds is 6. The molecule has 0 aromatic heterocycles. The zero-order valence-electron chi connectivity index (χ0n) is 12.3. The van der Waals surface area contributed by atoms with Crippen LogP contribution in [-0.2, 0) is 20.7 Å². The van der Waals surface area contributed by atoms with Crippen LogP contribution in [0.4, 0.5) is 0 Å². The van der Waals surface area contributed by atoms with E-state index >= 15 is 0 Å². The Labute approximate surface area is 129 Å². The van der Waals surface area contributed by atoms with Crippen molar-refractivity contribution in [2.24, 2.45) is 0 Å². The van der Waals surface area contributed by atoms with Crippen LogP contribution in [-0.4, -0.2) is 41.2 Å². The Kier molecular flexibility index (Phi) is 5.97. The SMILES string of the molecule is O=C(O)CC1CCC(NC(=O)CCc2ccccc2)B(O)O1. The highest BCUT2D eigenvalue weighted by atomic mass is 16.5. The number of carbonyl (C=O) groups excluding carboxylic acids is 1. The number of carboxylic acid groups (broad SMARTS) is 1. The van der Waals surface area contributed by atoms with E-state index in [9.17, 15) is 14.6 Å². The summed E-state index contributed by atoms with van der Waals surface area (Å²) in [6, 6.07) is 9.70. The van der Waals surface area contributed by atoms with Crippen molar-refractivity contribution in [3.05, 3.63) is 35.9 Å². The van der Waals surface area contributed by atoms with Crippen LogP contribution in [0.5, 0.6) is 0 Å². The second kappa shape index (κ2) is 7.96. The van der Waals surface area contributed by atoms with Gasteiger partial charge in [-0.25, -0.2) is 0 Å². The van der Waals surface area contributed by atoms with Gasteiger partial charge in [0.2, 0.25) is 5.91 Å². The van der Waals surface area contributed by atoms with Crippen LogP contribution in [0.1, 0.15) is 31.2 Å². The Morgan fingerprint density at radius 1 is 1.27 bits per heavy atom. The second-order valence-corrected chi connectivity index (χ2v) is 5.48. The van der Waals surface area contributed by atoms with Crippen molar-refractivity contribution in [2.45, 2.75) is 44.1 Å². The molecule has 3 N–H and O–H groups in total. The van der Waals surface area contributed by atoms with E-state index in [-0.39, 0.29) is 12.3 Å². The molecule has 1 aromatic rings. The number of hydrogen-bond donors (Lipinski definition) is 3. The van der Waals surface area contributed by atoms with Crippen LogP contribution < -0.4 is 5.32 Å². The number of aliphatic carboxylic acids is 1. The number of nitrogens with one attached hydrogen (secondary N) is 1. The summed E-state index contributed by atoms with van der Waals surface area (Å²) in [5, 5.41) is 21.3. The van der Waals surface area contributed by atoms with E-state index in [4.69, 9.17) is 9.76 Å². The molecule has 0 spiro atoms. The van der Waals surface area contributed by atoms with Gasteiger partial charge >= 0.3 is 13.1 Å². The fourth-order valence-corrected chi connectivity index (χ4v) is 2.54. The third-order valence-corrected chi connectivity index (χ3v) is 3.71. The highest BCUT2D eigenvalue weighted by Crippen LogP contribution is 2.18. The van der Waals surface area contributed by atoms with Gasteiger partial charge in [0.05, 0.1) is 18.5 Å². The molecule has 22 heavy (non-hydrogen) atoms. The van der Waals surface area contributed by atoms with Gasteiger partial charge in [0.15, 0.2) is 0 Å². The first-order valence-corrected chi connectivity index (χ1v) is 7.43. The third kappa shape index (κ3) is 5.16. The van der Waals surface area contributed by atoms with Gasteiger partial charge in [-0.3, -0.25) is 9.59 Å². The van der Waals surface area contributed by atoms with Gasteiger partial charge in [-0.15, -0.1) is 0 Å². The van der Waals surface area contributed by atoms with E-state index in [1.807, 2.05) is 30.3 Å². The maximum atomic E-state index is 11.9. The molecule has 1 saturated heterocycles. The lowest BCUT2D eigenvalue weighted by molar-refractivity contribution is -0.139. The zero-order chi connectivity index (χ0) is 15.9. The molecular formula is C15H20BNO5. The number of carboxylic acids is 1. The Hall–Kier alpha value is -1.86. The van der Waals surface area contributed by atoms with Crippen molar-refractivity contribution in [3.63, 3.8) is 0 Å². The molecule has 1 amide bonds. The largest absolute Gasteiger partial charge is 0.481 e. The zero-order valence-corrected chi connectivity index (χ0v) is 12.3. The molecule has 0 bridgehead atoms. The Balaban J connectivity index is 1.74. The molecule has 6 nitrogen and oxygen atoms in total. The van der Waals surface area contributed by atoms with Gasteiger partial charge in [-0.2, -0.15) is 0 Å². The summed E-state index contributed by atoms with van der Waals surface area (Å²) in [5.41, 5.74) is 1.08. The van der Waals surface area contributed by atoms with Crippen molar-refractivity contribution >= 4 is 19.0 Å². The van der Waals surface area contributed by atoms with Crippen molar-refractivity contribution in [1.82, 2.24) is 5.32 Å². The van der Waals surface area contributed by atoms with Gasteiger partial charge < -0.3 is 20.1 Å². The summed E-state index contributed by atoms with van der Waals surface area (Å²) in [6.07, 6.45) is 1.36. The number of aryl methyl sites for hydroxylation is 1. The van der Waals surface area contributed by atoms with Crippen LogP contribution >= 0.6 is 0 Å². The van der Waals surface area contributed by atoms with Crippen LogP contribution in [0.25, 0.3) is 0 Å². The minimum absolute atomic E-state index is 0.133. The molecule has 1 aromatic carbocycles. The molecule has 0 aliphatic carbocycles. The van der Waals surface area contributed by atoms with Gasteiger partial charge in [0.1, 0.15) is 0 Å². The molecule has 1 aliphatic rings. The predicted octanol–water partition coefficient (Wildman–Crippen LogP) is 0.777. The standard InChI is InChI=1S/C15H20BNO5/c18-14(9-6-11-4-2-1-3-5-11)17-13-8-7-12(10-15(19)20)22-16(13)21/h1-5,12-13,21H,6-10H2,(H,17,18)(H,19,20). The summed E-state index contributed by atoms with van der Waals surface area (Å²) in [4.78, 5) is 22.5. The molecule has 118 valence electrons. The first-order valence-electron chi connectivity index (χ1n) is 7.43. The van der Waals surface area contributed by atoms with E-state index in [1.54, 1.807) is 0 Å². The van der Waals surface area contributed by atoms with E-state index < -0.39 is 25.1 Å². The number of amides is 1. The molecule has 1 fully saturated rings. The molecule has 2 atom stereocenters. The molecule has 0 saturated carbocycles. The van der Waals surface area contributed by atoms with Crippen molar-refractivity contribution < 1.29 is 24.4 Å². The van der Waals surface area contributed by atoms with Crippen molar-refractivity contribution in [2.75, 3.05) is 0 Å². The lowest BCUT2D eigenvalue weighted by Gasteiger charge is -2.30. The molecule has 1 aliphatic heterocycles. The van der Waals surface area contributed by atoms with Gasteiger partial charge in [-0.1, -0.05) is 30.3 Å². The summed E-state index contributed by atoms with van der Waals surface area (Å²) >= 11 is 0. The minimum atomic E-state index is -1.15. The van der Waals surface area contributed by atoms with E-state index in [1.165, 1.54) is 0 Å². The van der Waals surface area contributed by atoms with Crippen molar-refractivity contribution in [1.29, 1.82) is 0 Å². The van der Waals surface area contributed by atoms with Crippen LogP contribution in [0, 0.1) is 0 Å². The van der Waals surface area contributed by atoms with Gasteiger partial charge in [0, 0.05) is 6.42 Å². The smallest absolute Gasteiger partial charge is 0.478 e. The van der Waals surface area contributed by atoms with Crippen LogP contribution in [0.3, 0.4) is 0 Å². The normalized spacial score (nSPS) is 21.4. The Bertz CT molecular complexity index is 510. The first-order chi connectivity index (χ1) is 10.5. The fourth-order valence-electron chi connectivity index (χ4n) is 2.54. The average molecular weight is 305 g/mol. The lowest BCUT2D eigenvalue weighted by atomic mass is 9.72.